The number of thioether (sulfide) groups is 1. The Morgan fingerprint density at radius 2 is 1.76 bits per heavy atom. The number of aryl methyl sites for hydroxylation is 2. The van der Waals surface area contributed by atoms with Crippen molar-refractivity contribution >= 4 is 34.8 Å². The highest BCUT2D eigenvalue weighted by atomic mass is 32.2. The number of hydrogen-bond acceptors (Lipinski definition) is 7. The van der Waals surface area contributed by atoms with Crippen LogP contribution in [-0.4, -0.2) is 42.4 Å². The Kier molecular flexibility index (Phi) is 8.17. The van der Waals surface area contributed by atoms with Crippen molar-refractivity contribution in [2.24, 2.45) is 4.99 Å². The van der Waals surface area contributed by atoms with E-state index in [1.807, 2.05) is 39.0 Å². The van der Waals surface area contributed by atoms with E-state index < -0.39 is 11.9 Å². The Morgan fingerprint density at radius 3 is 2.38 bits per heavy atom. The molecule has 2 aromatic rings. The van der Waals surface area contributed by atoms with Crippen molar-refractivity contribution in [2.75, 3.05) is 20.3 Å². The Bertz CT molecular complexity index is 1190. The van der Waals surface area contributed by atoms with Gasteiger partial charge in [-0.15, -0.1) is 0 Å². The van der Waals surface area contributed by atoms with Crippen LogP contribution in [0.25, 0.3) is 6.08 Å². The van der Waals surface area contributed by atoms with Gasteiger partial charge in [-0.05, 0) is 69.2 Å². The number of benzene rings is 2. The van der Waals surface area contributed by atoms with Crippen LogP contribution in [0.4, 0.5) is 0 Å². The first kappa shape index (κ1) is 25.1. The molecule has 0 radical (unpaired) electrons. The fraction of sp³-hybridized carbons (Fsp3) is 0.269. The van der Waals surface area contributed by atoms with Crippen LogP contribution in [0.15, 0.2) is 57.6 Å². The van der Waals surface area contributed by atoms with Crippen LogP contribution in [0.3, 0.4) is 0 Å². The molecular formula is C26H27NO6S. The lowest BCUT2D eigenvalue weighted by molar-refractivity contribution is -0.138. The van der Waals surface area contributed by atoms with Crippen molar-refractivity contribution in [3.63, 3.8) is 0 Å². The monoisotopic (exact) mass is 481 g/mol. The fourth-order valence-electron chi connectivity index (χ4n) is 3.25. The third-order valence-electron chi connectivity index (χ3n) is 5.01. The predicted octanol–water partition coefficient (Wildman–Crippen LogP) is 5.41. The van der Waals surface area contributed by atoms with Gasteiger partial charge in [-0.1, -0.05) is 29.5 Å². The maximum absolute atomic E-state index is 12.7. The predicted molar refractivity (Wildman–Crippen MR) is 134 cm³/mol. The number of carbonyl (C=O) groups excluding carboxylic acids is 2. The van der Waals surface area contributed by atoms with E-state index in [1.165, 1.54) is 0 Å². The summed E-state index contributed by atoms with van der Waals surface area (Å²) >= 11 is 1.03. The number of aliphatic hydroxyl groups excluding tert-OH is 1. The number of aliphatic imine (C=N–C) groups is 1. The maximum atomic E-state index is 12.7. The van der Waals surface area contributed by atoms with E-state index in [4.69, 9.17) is 14.2 Å². The summed E-state index contributed by atoms with van der Waals surface area (Å²) in [7, 11) is 1.57. The van der Waals surface area contributed by atoms with Crippen LogP contribution < -0.4 is 9.47 Å². The molecule has 0 unspecified atom stereocenters. The quantitative estimate of drug-likeness (QED) is 0.528. The standard InChI is InChI=1S/C26H27NO6S/c1-6-32-20-13-18(16(4)12-19(20)31-5)14-21-23(28)22(26(30)33-7-2)25(34-21)27-24(29)17-10-8-15(3)9-11-17/h8-14,28H,6-7H2,1-5H3/b21-14-,27-25?. The zero-order chi connectivity index (χ0) is 24.8. The van der Waals surface area contributed by atoms with E-state index >= 15 is 0 Å². The lowest BCUT2D eigenvalue weighted by Gasteiger charge is -2.12. The fourth-order valence-corrected chi connectivity index (χ4v) is 4.25. The molecule has 0 atom stereocenters. The summed E-state index contributed by atoms with van der Waals surface area (Å²) in [6, 6.07) is 10.6. The van der Waals surface area contributed by atoms with Gasteiger partial charge in [0.25, 0.3) is 5.91 Å². The molecule has 1 heterocycles. The first-order chi connectivity index (χ1) is 16.3. The summed E-state index contributed by atoms with van der Waals surface area (Å²) in [6.45, 7) is 7.93. The minimum atomic E-state index is -0.743. The van der Waals surface area contributed by atoms with E-state index in [-0.39, 0.29) is 23.0 Å². The Balaban J connectivity index is 2.05. The second-order valence-electron chi connectivity index (χ2n) is 7.44. The van der Waals surface area contributed by atoms with Crippen LogP contribution in [0.1, 0.15) is 40.9 Å². The van der Waals surface area contributed by atoms with Gasteiger partial charge in [0.2, 0.25) is 0 Å². The lowest BCUT2D eigenvalue weighted by Crippen LogP contribution is -2.14. The van der Waals surface area contributed by atoms with Crippen molar-refractivity contribution in [1.29, 1.82) is 0 Å². The van der Waals surface area contributed by atoms with Gasteiger partial charge in [-0.2, -0.15) is 0 Å². The molecule has 0 fully saturated rings. The van der Waals surface area contributed by atoms with Gasteiger partial charge < -0.3 is 19.3 Å². The number of rotatable bonds is 7. The highest BCUT2D eigenvalue weighted by molar-refractivity contribution is 8.18. The largest absolute Gasteiger partial charge is 0.506 e. The zero-order valence-electron chi connectivity index (χ0n) is 19.8. The molecule has 1 amide bonds. The number of ether oxygens (including phenoxy) is 3. The number of methoxy groups -OCH3 is 1. The van der Waals surface area contributed by atoms with Crippen molar-refractivity contribution in [3.05, 3.63) is 74.9 Å². The normalized spacial score (nSPS) is 15.7. The average molecular weight is 482 g/mol. The minimum Gasteiger partial charge on any atom is -0.506 e. The van der Waals surface area contributed by atoms with Crippen molar-refractivity contribution in [2.45, 2.75) is 27.7 Å². The van der Waals surface area contributed by atoms with Crippen LogP contribution in [0.5, 0.6) is 11.5 Å². The molecule has 34 heavy (non-hydrogen) atoms. The van der Waals surface area contributed by atoms with E-state index in [9.17, 15) is 14.7 Å². The van der Waals surface area contributed by atoms with Crippen molar-refractivity contribution in [1.82, 2.24) is 0 Å². The molecule has 8 heteroatoms. The first-order valence-corrected chi connectivity index (χ1v) is 11.6. The number of hydrogen-bond donors (Lipinski definition) is 1. The molecular weight excluding hydrogens is 454 g/mol. The van der Waals surface area contributed by atoms with Gasteiger partial charge in [0.05, 0.1) is 25.2 Å². The van der Waals surface area contributed by atoms with Gasteiger partial charge in [0, 0.05) is 5.56 Å². The molecule has 0 saturated heterocycles. The summed E-state index contributed by atoms with van der Waals surface area (Å²) in [5.41, 5.74) is 2.89. The van der Waals surface area contributed by atoms with Gasteiger partial charge in [0.15, 0.2) is 11.5 Å². The van der Waals surface area contributed by atoms with Crippen LogP contribution in [0, 0.1) is 13.8 Å². The van der Waals surface area contributed by atoms with Gasteiger partial charge in [-0.3, -0.25) is 4.79 Å². The summed E-state index contributed by atoms with van der Waals surface area (Å²) < 4.78 is 16.1. The smallest absolute Gasteiger partial charge is 0.344 e. The molecule has 1 aliphatic heterocycles. The number of carbonyl (C=O) groups is 2. The number of aliphatic hydroxyl groups is 1. The second-order valence-corrected chi connectivity index (χ2v) is 8.47. The third kappa shape index (κ3) is 5.51. The van der Waals surface area contributed by atoms with Gasteiger partial charge in [-0.25, -0.2) is 9.79 Å². The highest BCUT2D eigenvalue weighted by Crippen LogP contribution is 2.41. The van der Waals surface area contributed by atoms with Crippen LogP contribution >= 0.6 is 11.8 Å². The average Bonchev–Trinajstić information content (AvgIpc) is 3.11. The molecule has 7 nitrogen and oxygen atoms in total. The number of esters is 1. The first-order valence-electron chi connectivity index (χ1n) is 10.8. The lowest BCUT2D eigenvalue weighted by atomic mass is 10.1. The maximum Gasteiger partial charge on any atom is 0.344 e. The molecule has 1 aliphatic rings. The zero-order valence-corrected chi connectivity index (χ0v) is 20.6. The van der Waals surface area contributed by atoms with E-state index in [0.717, 1.165) is 28.5 Å². The molecule has 1 N–H and O–H groups in total. The molecule has 0 bridgehead atoms. The molecule has 178 valence electrons. The van der Waals surface area contributed by atoms with Gasteiger partial charge in [0.1, 0.15) is 16.4 Å². The number of nitrogens with zero attached hydrogens (tertiary/aromatic N) is 1. The summed E-state index contributed by atoms with van der Waals surface area (Å²) in [5, 5.41) is 11.0. The third-order valence-corrected chi connectivity index (χ3v) is 6.03. The van der Waals surface area contributed by atoms with E-state index in [0.29, 0.717) is 28.6 Å². The van der Waals surface area contributed by atoms with E-state index in [2.05, 4.69) is 4.99 Å². The number of amides is 1. The van der Waals surface area contributed by atoms with Crippen LogP contribution in [0.2, 0.25) is 0 Å². The topological polar surface area (TPSA) is 94.4 Å². The Labute approximate surface area is 203 Å². The highest BCUT2D eigenvalue weighted by Gasteiger charge is 2.34. The summed E-state index contributed by atoms with van der Waals surface area (Å²) in [5.74, 6) is -0.390. The van der Waals surface area contributed by atoms with Crippen molar-refractivity contribution < 1.29 is 28.9 Å². The van der Waals surface area contributed by atoms with Crippen LogP contribution in [-0.2, 0) is 9.53 Å². The molecule has 0 spiro atoms. The molecule has 3 rings (SSSR count). The SMILES string of the molecule is CCOC(=O)C1=C(O)/C(=C/c2cc(OCC)c(OC)cc2C)SC1=NC(=O)c1ccc(C)cc1. The Morgan fingerprint density at radius 1 is 1.06 bits per heavy atom. The molecule has 2 aromatic carbocycles. The molecule has 0 saturated carbocycles. The van der Waals surface area contributed by atoms with Crippen molar-refractivity contribution in [3.8, 4) is 11.5 Å². The molecule has 0 aromatic heterocycles. The van der Waals surface area contributed by atoms with Gasteiger partial charge >= 0.3 is 5.97 Å². The molecule has 0 aliphatic carbocycles. The minimum absolute atomic E-state index is 0.0870. The summed E-state index contributed by atoms with van der Waals surface area (Å²) in [6.07, 6.45) is 1.72. The second kappa shape index (κ2) is 11.1. The summed E-state index contributed by atoms with van der Waals surface area (Å²) in [4.78, 5) is 29.9. The van der Waals surface area contributed by atoms with E-state index in [1.54, 1.807) is 38.3 Å². The Hall–Kier alpha value is -3.52.